The molecule has 31 heavy (non-hydrogen) atoms. The fourth-order valence-corrected chi connectivity index (χ4v) is 4.36. The van der Waals surface area contributed by atoms with Crippen LogP contribution in [0.1, 0.15) is 6.92 Å². The molecule has 3 aromatic heterocycles. The van der Waals surface area contributed by atoms with E-state index >= 15 is 0 Å². The van der Waals surface area contributed by atoms with Gasteiger partial charge in [-0.2, -0.15) is 4.98 Å². The van der Waals surface area contributed by atoms with E-state index in [0.717, 1.165) is 55.4 Å². The van der Waals surface area contributed by atoms with Gasteiger partial charge in [0.1, 0.15) is 16.9 Å². The van der Waals surface area contributed by atoms with Gasteiger partial charge in [-0.25, -0.2) is 15.0 Å². The molecule has 2 aliphatic heterocycles. The van der Waals surface area contributed by atoms with Crippen molar-refractivity contribution in [3.05, 3.63) is 36.5 Å². The van der Waals surface area contributed by atoms with Crippen LogP contribution in [-0.4, -0.2) is 69.8 Å². The number of oxazole rings is 1. The maximum atomic E-state index is 5.66. The lowest BCUT2D eigenvalue weighted by molar-refractivity contribution is -0.0381. The number of pyridine rings is 1. The molecule has 1 atom stereocenters. The zero-order valence-electron chi connectivity index (χ0n) is 17.2. The van der Waals surface area contributed by atoms with Crippen LogP contribution in [0, 0.1) is 0 Å². The maximum absolute atomic E-state index is 5.66. The Bertz CT molecular complexity index is 1270. The van der Waals surface area contributed by atoms with Crippen molar-refractivity contribution in [2.75, 3.05) is 43.4 Å². The molecule has 0 spiro atoms. The van der Waals surface area contributed by atoms with Gasteiger partial charge in [0.15, 0.2) is 11.2 Å². The average Bonchev–Trinajstić information content (AvgIpc) is 3.11. The van der Waals surface area contributed by atoms with Crippen molar-refractivity contribution in [1.29, 1.82) is 0 Å². The van der Waals surface area contributed by atoms with Crippen LogP contribution < -0.4 is 10.6 Å². The highest BCUT2D eigenvalue weighted by Gasteiger charge is 2.34. The summed E-state index contributed by atoms with van der Waals surface area (Å²) in [5, 5.41) is 0. The molecule has 1 unspecified atom stereocenters. The van der Waals surface area contributed by atoms with Crippen LogP contribution in [0.5, 0.6) is 0 Å². The standard InChI is InChI=1S/C22H23N7O2/c1-13-10-28(6-7-30-13)15-11-29(12-15)20-9-24-17-4-3-16(25-21(17)27-20)14-2-5-19-18(8-14)26-22(23)31-19/h2-5,8-9,13,15H,6-7,10-12H2,1H3,(H2,23,26). The van der Waals surface area contributed by atoms with E-state index in [0.29, 0.717) is 28.9 Å². The second-order valence-corrected chi connectivity index (χ2v) is 8.24. The number of ether oxygens (including phenoxy) is 1. The summed E-state index contributed by atoms with van der Waals surface area (Å²) in [4.78, 5) is 23.1. The van der Waals surface area contributed by atoms with Gasteiger partial charge in [0.2, 0.25) is 0 Å². The van der Waals surface area contributed by atoms with Crippen molar-refractivity contribution >= 4 is 34.1 Å². The van der Waals surface area contributed by atoms with E-state index < -0.39 is 0 Å². The molecule has 9 nitrogen and oxygen atoms in total. The molecule has 2 fully saturated rings. The first kappa shape index (κ1) is 18.5. The minimum Gasteiger partial charge on any atom is -0.424 e. The number of nitrogen functional groups attached to an aromatic ring is 1. The van der Waals surface area contributed by atoms with Crippen molar-refractivity contribution in [3.8, 4) is 11.3 Å². The van der Waals surface area contributed by atoms with E-state index in [1.54, 1.807) is 0 Å². The molecule has 5 heterocycles. The Morgan fingerprint density at radius 3 is 2.81 bits per heavy atom. The summed E-state index contributed by atoms with van der Waals surface area (Å²) in [6.45, 7) is 6.85. The fraction of sp³-hybridized carbons (Fsp3) is 0.364. The van der Waals surface area contributed by atoms with E-state index in [4.69, 9.17) is 24.9 Å². The van der Waals surface area contributed by atoms with Gasteiger partial charge in [0.25, 0.3) is 6.01 Å². The molecule has 9 heteroatoms. The van der Waals surface area contributed by atoms with Crippen LogP contribution in [0.15, 0.2) is 40.9 Å². The maximum Gasteiger partial charge on any atom is 0.292 e. The normalized spacial score (nSPS) is 20.4. The van der Waals surface area contributed by atoms with E-state index in [9.17, 15) is 0 Å². The summed E-state index contributed by atoms with van der Waals surface area (Å²) in [6, 6.07) is 10.3. The molecule has 2 aliphatic rings. The lowest BCUT2D eigenvalue weighted by Crippen LogP contribution is -2.62. The van der Waals surface area contributed by atoms with Gasteiger partial charge in [0, 0.05) is 37.8 Å². The number of fused-ring (bicyclic) bond motifs is 2. The quantitative estimate of drug-likeness (QED) is 0.537. The van der Waals surface area contributed by atoms with Crippen molar-refractivity contribution in [1.82, 2.24) is 24.8 Å². The van der Waals surface area contributed by atoms with E-state index in [2.05, 4.69) is 26.7 Å². The Balaban J connectivity index is 1.24. The van der Waals surface area contributed by atoms with Gasteiger partial charge >= 0.3 is 0 Å². The van der Waals surface area contributed by atoms with Gasteiger partial charge in [0.05, 0.1) is 24.6 Å². The summed E-state index contributed by atoms with van der Waals surface area (Å²) in [6.07, 6.45) is 2.14. The Morgan fingerprint density at radius 1 is 1.03 bits per heavy atom. The predicted molar refractivity (Wildman–Crippen MR) is 118 cm³/mol. The first-order valence-corrected chi connectivity index (χ1v) is 10.5. The van der Waals surface area contributed by atoms with Crippen LogP contribution in [-0.2, 0) is 4.74 Å². The lowest BCUT2D eigenvalue weighted by Gasteiger charge is -2.47. The zero-order chi connectivity index (χ0) is 20.9. The largest absolute Gasteiger partial charge is 0.424 e. The molecule has 1 aromatic carbocycles. The Morgan fingerprint density at radius 2 is 1.94 bits per heavy atom. The second-order valence-electron chi connectivity index (χ2n) is 8.24. The summed E-state index contributed by atoms with van der Waals surface area (Å²) in [7, 11) is 0. The first-order valence-electron chi connectivity index (χ1n) is 10.5. The van der Waals surface area contributed by atoms with E-state index in [1.807, 2.05) is 36.5 Å². The number of rotatable bonds is 3. The van der Waals surface area contributed by atoms with Crippen LogP contribution in [0.25, 0.3) is 33.5 Å². The Labute approximate surface area is 178 Å². The van der Waals surface area contributed by atoms with Crippen molar-refractivity contribution < 1.29 is 9.15 Å². The molecular formula is C22H23N7O2. The number of anilines is 2. The third kappa shape index (κ3) is 3.35. The van der Waals surface area contributed by atoms with Gasteiger partial charge in [-0.1, -0.05) is 0 Å². The topological polar surface area (TPSA) is 106 Å². The molecule has 0 bridgehead atoms. The molecule has 0 saturated carbocycles. The lowest BCUT2D eigenvalue weighted by atomic mass is 10.1. The molecule has 4 aromatic rings. The monoisotopic (exact) mass is 417 g/mol. The minimum absolute atomic E-state index is 0.161. The Kier molecular flexibility index (Phi) is 4.25. The number of nitrogens with two attached hydrogens (primary N) is 1. The van der Waals surface area contributed by atoms with Crippen molar-refractivity contribution in [3.63, 3.8) is 0 Å². The van der Waals surface area contributed by atoms with Gasteiger partial charge in [-0.05, 0) is 37.3 Å². The highest BCUT2D eigenvalue weighted by Crippen LogP contribution is 2.27. The summed E-state index contributed by atoms with van der Waals surface area (Å²) < 4.78 is 11.0. The molecule has 6 rings (SSSR count). The van der Waals surface area contributed by atoms with E-state index in [1.165, 1.54) is 0 Å². The molecule has 2 saturated heterocycles. The van der Waals surface area contributed by atoms with Gasteiger partial charge in [-0.3, -0.25) is 4.90 Å². The van der Waals surface area contributed by atoms with Crippen molar-refractivity contribution in [2.24, 2.45) is 0 Å². The SMILES string of the molecule is CC1CN(C2CN(c3cnc4ccc(-c5ccc6oc(N)nc6c5)nc4n3)C2)CCO1. The smallest absolute Gasteiger partial charge is 0.292 e. The second kappa shape index (κ2) is 7.14. The average molecular weight is 417 g/mol. The summed E-state index contributed by atoms with van der Waals surface area (Å²) in [5.41, 5.74) is 10.2. The molecular weight excluding hydrogens is 394 g/mol. The van der Waals surface area contributed by atoms with Crippen LogP contribution >= 0.6 is 0 Å². The molecule has 0 radical (unpaired) electrons. The first-order chi connectivity index (χ1) is 15.1. The molecule has 2 N–H and O–H groups in total. The van der Waals surface area contributed by atoms with Crippen LogP contribution in [0.3, 0.4) is 0 Å². The van der Waals surface area contributed by atoms with Crippen LogP contribution in [0.2, 0.25) is 0 Å². The number of benzene rings is 1. The zero-order valence-corrected chi connectivity index (χ0v) is 17.2. The van der Waals surface area contributed by atoms with E-state index in [-0.39, 0.29) is 6.01 Å². The number of nitrogens with zero attached hydrogens (tertiary/aromatic N) is 6. The van der Waals surface area contributed by atoms with Crippen LogP contribution in [0.4, 0.5) is 11.8 Å². The number of morpholine rings is 1. The Hall–Kier alpha value is -3.30. The molecule has 0 amide bonds. The summed E-state index contributed by atoms with van der Waals surface area (Å²) in [5.74, 6) is 0.870. The third-order valence-corrected chi connectivity index (χ3v) is 6.07. The third-order valence-electron chi connectivity index (χ3n) is 6.07. The number of hydrogen-bond acceptors (Lipinski definition) is 9. The number of aromatic nitrogens is 4. The van der Waals surface area contributed by atoms with Crippen molar-refractivity contribution in [2.45, 2.75) is 19.1 Å². The fourth-order valence-electron chi connectivity index (χ4n) is 4.36. The highest BCUT2D eigenvalue weighted by molar-refractivity contribution is 5.82. The van der Waals surface area contributed by atoms with Gasteiger partial charge in [-0.15, -0.1) is 0 Å². The molecule has 158 valence electrons. The minimum atomic E-state index is 0.161. The number of hydrogen-bond donors (Lipinski definition) is 1. The summed E-state index contributed by atoms with van der Waals surface area (Å²) >= 11 is 0. The molecule has 0 aliphatic carbocycles. The predicted octanol–water partition coefficient (Wildman–Crippen LogP) is 2.32. The highest BCUT2D eigenvalue weighted by atomic mass is 16.5. The van der Waals surface area contributed by atoms with Gasteiger partial charge < -0.3 is 19.8 Å².